The molecule has 100 valence electrons. The number of benzene rings is 1. The van der Waals surface area contributed by atoms with E-state index in [-0.39, 0.29) is 5.92 Å². The molecule has 0 saturated heterocycles. The van der Waals surface area contributed by atoms with Crippen LogP contribution in [0.25, 0.3) is 0 Å². The number of rotatable bonds is 4. The zero-order chi connectivity index (χ0) is 13.8. The van der Waals surface area contributed by atoms with Crippen molar-refractivity contribution < 1.29 is 5.11 Å². The van der Waals surface area contributed by atoms with E-state index in [0.717, 1.165) is 5.56 Å². The van der Waals surface area contributed by atoms with E-state index in [1.807, 2.05) is 12.1 Å². The van der Waals surface area contributed by atoms with Crippen molar-refractivity contribution >= 4 is 0 Å². The summed E-state index contributed by atoms with van der Waals surface area (Å²) in [7, 11) is 0. The minimum absolute atomic E-state index is 0.193. The van der Waals surface area contributed by atoms with Crippen LogP contribution < -0.4 is 5.73 Å². The molecule has 0 aliphatic carbocycles. The SMILES string of the molecule is Cc1ccc(C(CN)C(O)c2ncccn2)cc1C. The summed E-state index contributed by atoms with van der Waals surface area (Å²) in [6, 6.07) is 7.85. The summed E-state index contributed by atoms with van der Waals surface area (Å²) in [5, 5.41) is 10.4. The number of aliphatic hydroxyl groups is 1. The summed E-state index contributed by atoms with van der Waals surface area (Å²) in [6.07, 6.45) is 2.47. The van der Waals surface area contributed by atoms with Gasteiger partial charge >= 0.3 is 0 Å². The molecule has 2 aromatic rings. The predicted molar refractivity (Wildman–Crippen MR) is 74.7 cm³/mol. The number of hydrogen-bond donors (Lipinski definition) is 2. The van der Waals surface area contributed by atoms with E-state index in [4.69, 9.17) is 5.73 Å². The Morgan fingerprint density at radius 3 is 2.42 bits per heavy atom. The van der Waals surface area contributed by atoms with Crippen LogP contribution >= 0.6 is 0 Å². The third-order valence-electron chi connectivity index (χ3n) is 3.44. The Kier molecular flexibility index (Phi) is 4.24. The van der Waals surface area contributed by atoms with Crippen LogP contribution in [0.5, 0.6) is 0 Å². The zero-order valence-corrected chi connectivity index (χ0v) is 11.2. The van der Waals surface area contributed by atoms with Crippen LogP contribution in [0.4, 0.5) is 0 Å². The number of nitrogens with two attached hydrogens (primary N) is 1. The number of hydrogen-bond acceptors (Lipinski definition) is 4. The van der Waals surface area contributed by atoms with Gasteiger partial charge in [0.2, 0.25) is 0 Å². The van der Waals surface area contributed by atoms with Gasteiger partial charge in [0, 0.05) is 24.9 Å². The Balaban J connectivity index is 2.31. The van der Waals surface area contributed by atoms with Crippen molar-refractivity contribution in [3.8, 4) is 0 Å². The fraction of sp³-hybridized carbons (Fsp3) is 0.333. The Hall–Kier alpha value is -1.78. The molecule has 0 aliphatic heterocycles. The Bertz CT molecular complexity index is 542. The standard InChI is InChI=1S/C15H19N3O/c1-10-4-5-12(8-11(10)2)13(9-16)14(19)15-17-6-3-7-18-15/h3-8,13-14,19H,9,16H2,1-2H3. The largest absolute Gasteiger partial charge is 0.384 e. The molecule has 1 aromatic heterocycles. The number of aryl methyl sites for hydroxylation is 2. The van der Waals surface area contributed by atoms with Gasteiger partial charge < -0.3 is 10.8 Å². The van der Waals surface area contributed by atoms with Crippen molar-refractivity contribution in [2.24, 2.45) is 5.73 Å². The van der Waals surface area contributed by atoms with Gasteiger partial charge in [-0.15, -0.1) is 0 Å². The van der Waals surface area contributed by atoms with Crippen LogP contribution in [0.2, 0.25) is 0 Å². The first-order chi connectivity index (χ1) is 9.13. The van der Waals surface area contributed by atoms with Crippen molar-refractivity contribution in [1.29, 1.82) is 0 Å². The summed E-state index contributed by atoms with van der Waals surface area (Å²) in [5.74, 6) is 0.220. The molecule has 4 nitrogen and oxygen atoms in total. The normalized spacial score (nSPS) is 14.1. The van der Waals surface area contributed by atoms with Crippen molar-refractivity contribution in [2.75, 3.05) is 6.54 Å². The summed E-state index contributed by atoms with van der Waals surface area (Å²) in [6.45, 7) is 4.47. The highest BCUT2D eigenvalue weighted by atomic mass is 16.3. The Labute approximate surface area is 113 Å². The summed E-state index contributed by atoms with van der Waals surface area (Å²) >= 11 is 0. The van der Waals surface area contributed by atoms with Crippen LogP contribution in [-0.2, 0) is 0 Å². The fourth-order valence-corrected chi connectivity index (χ4v) is 2.09. The van der Waals surface area contributed by atoms with E-state index in [0.29, 0.717) is 12.4 Å². The van der Waals surface area contributed by atoms with Crippen LogP contribution in [-0.4, -0.2) is 21.6 Å². The van der Waals surface area contributed by atoms with Gasteiger partial charge in [-0.2, -0.15) is 0 Å². The van der Waals surface area contributed by atoms with Crippen LogP contribution in [0.15, 0.2) is 36.7 Å². The van der Waals surface area contributed by atoms with E-state index < -0.39 is 6.10 Å². The highest BCUT2D eigenvalue weighted by Gasteiger charge is 2.23. The summed E-state index contributed by atoms with van der Waals surface area (Å²) < 4.78 is 0. The van der Waals surface area contributed by atoms with Crippen LogP contribution in [0, 0.1) is 13.8 Å². The zero-order valence-electron chi connectivity index (χ0n) is 11.2. The topological polar surface area (TPSA) is 72.0 Å². The van der Waals surface area contributed by atoms with Crippen molar-refractivity contribution in [3.63, 3.8) is 0 Å². The Morgan fingerprint density at radius 2 is 1.84 bits per heavy atom. The second-order valence-corrected chi connectivity index (χ2v) is 4.74. The second kappa shape index (κ2) is 5.91. The summed E-state index contributed by atoms with van der Waals surface area (Å²) in [4.78, 5) is 8.19. The van der Waals surface area contributed by atoms with Gasteiger partial charge in [-0.05, 0) is 36.6 Å². The minimum atomic E-state index is -0.784. The maximum absolute atomic E-state index is 10.4. The molecule has 0 bridgehead atoms. The lowest BCUT2D eigenvalue weighted by Crippen LogP contribution is -2.21. The fourth-order valence-electron chi connectivity index (χ4n) is 2.09. The molecular weight excluding hydrogens is 238 g/mol. The smallest absolute Gasteiger partial charge is 0.157 e. The predicted octanol–water partition coefficient (Wildman–Crippen LogP) is 1.87. The van der Waals surface area contributed by atoms with Gasteiger partial charge in [0.05, 0.1) is 0 Å². The molecule has 19 heavy (non-hydrogen) atoms. The first-order valence-corrected chi connectivity index (χ1v) is 6.35. The average Bonchev–Trinajstić information content (AvgIpc) is 2.44. The first-order valence-electron chi connectivity index (χ1n) is 6.35. The molecule has 1 aromatic carbocycles. The minimum Gasteiger partial charge on any atom is -0.384 e. The van der Waals surface area contributed by atoms with E-state index in [2.05, 4.69) is 29.9 Å². The molecule has 2 atom stereocenters. The monoisotopic (exact) mass is 257 g/mol. The molecule has 0 aliphatic rings. The van der Waals surface area contributed by atoms with Crippen molar-refractivity contribution in [1.82, 2.24) is 9.97 Å². The van der Waals surface area contributed by atoms with Gasteiger partial charge in [-0.1, -0.05) is 18.2 Å². The number of aliphatic hydroxyl groups excluding tert-OH is 1. The molecule has 2 unspecified atom stereocenters. The van der Waals surface area contributed by atoms with Gasteiger partial charge in [-0.25, -0.2) is 9.97 Å². The third-order valence-corrected chi connectivity index (χ3v) is 3.44. The molecule has 0 radical (unpaired) electrons. The summed E-state index contributed by atoms with van der Waals surface area (Å²) in [5.41, 5.74) is 9.25. The second-order valence-electron chi connectivity index (χ2n) is 4.74. The van der Waals surface area contributed by atoms with Crippen molar-refractivity contribution in [3.05, 3.63) is 59.2 Å². The molecule has 0 fully saturated rings. The van der Waals surface area contributed by atoms with Crippen LogP contribution in [0.3, 0.4) is 0 Å². The molecule has 4 heteroatoms. The molecule has 2 rings (SSSR count). The van der Waals surface area contributed by atoms with E-state index in [1.165, 1.54) is 11.1 Å². The molecule has 0 amide bonds. The molecule has 0 spiro atoms. The van der Waals surface area contributed by atoms with Crippen LogP contribution in [0.1, 0.15) is 34.5 Å². The lowest BCUT2D eigenvalue weighted by molar-refractivity contribution is 0.138. The third kappa shape index (κ3) is 2.97. The van der Waals surface area contributed by atoms with Gasteiger partial charge in [0.1, 0.15) is 6.10 Å². The van der Waals surface area contributed by atoms with Gasteiger partial charge in [-0.3, -0.25) is 0 Å². The number of nitrogens with zero attached hydrogens (tertiary/aromatic N) is 2. The highest BCUT2D eigenvalue weighted by molar-refractivity contribution is 5.33. The molecule has 0 saturated carbocycles. The maximum Gasteiger partial charge on any atom is 0.157 e. The van der Waals surface area contributed by atoms with E-state index in [1.54, 1.807) is 18.5 Å². The highest BCUT2D eigenvalue weighted by Crippen LogP contribution is 2.29. The van der Waals surface area contributed by atoms with Gasteiger partial charge in [0.15, 0.2) is 5.82 Å². The maximum atomic E-state index is 10.4. The van der Waals surface area contributed by atoms with Crippen molar-refractivity contribution in [2.45, 2.75) is 25.9 Å². The average molecular weight is 257 g/mol. The first kappa shape index (κ1) is 13.6. The quantitative estimate of drug-likeness (QED) is 0.877. The lowest BCUT2D eigenvalue weighted by atomic mass is 9.90. The molecular formula is C15H19N3O. The lowest BCUT2D eigenvalue weighted by Gasteiger charge is -2.21. The Morgan fingerprint density at radius 1 is 1.16 bits per heavy atom. The van der Waals surface area contributed by atoms with E-state index in [9.17, 15) is 5.11 Å². The molecule has 1 heterocycles. The van der Waals surface area contributed by atoms with Gasteiger partial charge in [0.25, 0.3) is 0 Å². The van der Waals surface area contributed by atoms with E-state index >= 15 is 0 Å². The molecule has 3 N–H and O–H groups in total. The number of aromatic nitrogens is 2.